The van der Waals surface area contributed by atoms with Gasteiger partial charge in [0.05, 0.1) is 17.3 Å². The predicted molar refractivity (Wildman–Crippen MR) is 127 cm³/mol. The van der Waals surface area contributed by atoms with Crippen molar-refractivity contribution in [1.82, 2.24) is 0 Å². The summed E-state index contributed by atoms with van der Waals surface area (Å²) >= 11 is 6.41. The van der Waals surface area contributed by atoms with Crippen molar-refractivity contribution in [2.75, 3.05) is 5.32 Å². The molecule has 0 bridgehead atoms. The molecule has 0 heterocycles. The van der Waals surface area contributed by atoms with Gasteiger partial charge in [-0.05, 0) is 71.6 Å². The van der Waals surface area contributed by atoms with Crippen LogP contribution in [-0.4, -0.2) is 10.9 Å². The number of aliphatic hydroxyl groups is 1. The number of carbonyl (C=O) groups is 1. The first-order valence-electron chi connectivity index (χ1n) is 10.2. The fraction of sp³-hybridized carbons (Fsp3) is 0.0741. The van der Waals surface area contributed by atoms with Crippen molar-refractivity contribution in [3.8, 4) is 11.1 Å². The van der Waals surface area contributed by atoms with E-state index in [0.29, 0.717) is 16.8 Å². The molecule has 4 rings (SSSR count). The summed E-state index contributed by atoms with van der Waals surface area (Å²) in [5, 5.41) is 12.5. The molecule has 33 heavy (non-hydrogen) atoms. The highest BCUT2D eigenvalue weighted by Crippen LogP contribution is 2.30. The first-order chi connectivity index (χ1) is 15.9. The second-order valence-electron chi connectivity index (χ2n) is 7.66. The van der Waals surface area contributed by atoms with Crippen LogP contribution in [0.25, 0.3) is 11.1 Å². The maximum atomic E-state index is 13.9. The van der Waals surface area contributed by atoms with Gasteiger partial charge in [-0.1, -0.05) is 41.9 Å². The Morgan fingerprint density at radius 3 is 2.42 bits per heavy atom. The van der Waals surface area contributed by atoms with Crippen molar-refractivity contribution >= 4 is 28.8 Å². The summed E-state index contributed by atoms with van der Waals surface area (Å²) in [6.45, 7) is 1.78. The van der Waals surface area contributed by atoms with Crippen molar-refractivity contribution in [3.63, 3.8) is 0 Å². The Balaban J connectivity index is 1.64. The molecule has 0 atom stereocenters. The molecule has 4 aromatic carbocycles. The zero-order valence-corrected chi connectivity index (χ0v) is 18.5. The van der Waals surface area contributed by atoms with Gasteiger partial charge in [0, 0.05) is 22.9 Å². The number of aliphatic hydroxyl groups excluding tert-OH is 1. The minimum atomic E-state index is -0.732. The van der Waals surface area contributed by atoms with Gasteiger partial charge >= 0.3 is 0 Å². The maximum absolute atomic E-state index is 13.9. The van der Waals surface area contributed by atoms with E-state index in [4.69, 9.17) is 11.6 Å². The molecule has 0 fully saturated rings. The number of benzene rings is 4. The van der Waals surface area contributed by atoms with Crippen LogP contribution in [0.3, 0.4) is 0 Å². The van der Waals surface area contributed by atoms with Gasteiger partial charge in [0.15, 0.2) is 5.78 Å². The molecule has 0 aliphatic heterocycles. The molecule has 6 heteroatoms. The molecule has 3 nitrogen and oxygen atoms in total. The van der Waals surface area contributed by atoms with Crippen LogP contribution < -0.4 is 5.32 Å². The molecule has 0 amide bonds. The van der Waals surface area contributed by atoms with Crippen LogP contribution in [0.1, 0.15) is 27.0 Å². The summed E-state index contributed by atoms with van der Waals surface area (Å²) in [5.74, 6) is -1.64. The summed E-state index contributed by atoms with van der Waals surface area (Å²) < 4.78 is 27.1. The monoisotopic (exact) mass is 463 g/mol. The second kappa shape index (κ2) is 9.53. The molecule has 0 radical (unpaired) electrons. The number of anilines is 2. The quantitative estimate of drug-likeness (QED) is 0.301. The summed E-state index contributed by atoms with van der Waals surface area (Å²) in [7, 11) is 0. The molecule has 166 valence electrons. The Kier molecular flexibility index (Phi) is 6.54. The largest absolute Gasteiger partial charge is 0.392 e. The van der Waals surface area contributed by atoms with E-state index in [9.17, 15) is 18.7 Å². The van der Waals surface area contributed by atoms with E-state index in [-0.39, 0.29) is 23.1 Å². The van der Waals surface area contributed by atoms with Crippen LogP contribution in [0.15, 0.2) is 78.9 Å². The number of nitrogens with one attached hydrogen (secondary N) is 1. The van der Waals surface area contributed by atoms with Crippen molar-refractivity contribution in [2.24, 2.45) is 0 Å². The normalized spacial score (nSPS) is 10.8. The number of aryl methyl sites for hydroxylation is 1. The Morgan fingerprint density at radius 1 is 0.909 bits per heavy atom. The first kappa shape index (κ1) is 22.6. The summed E-state index contributed by atoms with van der Waals surface area (Å²) in [6, 6.07) is 21.0. The van der Waals surface area contributed by atoms with Gasteiger partial charge in [0.2, 0.25) is 0 Å². The minimum absolute atomic E-state index is 0.0662. The number of carbonyl (C=O) groups excluding carboxylic acids is 1. The van der Waals surface area contributed by atoms with E-state index >= 15 is 0 Å². The Morgan fingerprint density at radius 2 is 1.70 bits per heavy atom. The number of ketones is 1. The van der Waals surface area contributed by atoms with Crippen LogP contribution in [0, 0.1) is 18.6 Å². The topological polar surface area (TPSA) is 49.3 Å². The van der Waals surface area contributed by atoms with Crippen LogP contribution >= 0.6 is 11.6 Å². The Hall–Kier alpha value is -3.54. The Labute approximate surface area is 195 Å². The van der Waals surface area contributed by atoms with E-state index in [1.165, 1.54) is 12.1 Å². The lowest BCUT2D eigenvalue weighted by atomic mass is 9.94. The average molecular weight is 464 g/mol. The predicted octanol–water partition coefficient (Wildman–Crippen LogP) is 7.06. The average Bonchev–Trinajstić information content (AvgIpc) is 2.81. The van der Waals surface area contributed by atoms with E-state index in [0.717, 1.165) is 34.4 Å². The van der Waals surface area contributed by atoms with E-state index in [1.54, 1.807) is 12.1 Å². The van der Waals surface area contributed by atoms with Gasteiger partial charge in [0.1, 0.15) is 11.6 Å². The van der Waals surface area contributed by atoms with Crippen molar-refractivity contribution in [2.45, 2.75) is 13.5 Å². The fourth-order valence-electron chi connectivity index (χ4n) is 3.56. The van der Waals surface area contributed by atoms with Crippen molar-refractivity contribution in [3.05, 3.63) is 118 Å². The molecule has 0 spiro atoms. The van der Waals surface area contributed by atoms with Crippen molar-refractivity contribution in [1.29, 1.82) is 0 Å². The first-order valence-corrected chi connectivity index (χ1v) is 10.6. The molecule has 0 aromatic heterocycles. The molecule has 0 saturated carbocycles. The van der Waals surface area contributed by atoms with Crippen LogP contribution in [0.2, 0.25) is 5.02 Å². The molecular weight excluding hydrogens is 444 g/mol. The molecule has 0 aliphatic rings. The highest BCUT2D eigenvalue weighted by atomic mass is 35.5. The van der Waals surface area contributed by atoms with E-state index < -0.39 is 11.6 Å². The summed E-state index contributed by atoms with van der Waals surface area (Å²) in [5.41, 5.74) is 4.70. The fourth-order valence-corrected chi connectivity index (χ4v) is 3.83. The highest BCUT2D eigenvalue weighted by molar-refractivity contribution is 6.35. The number of hydrogen-bond acceptors (Lipinski definition) is 3. The minimum Gasteiger partial charge on any atom is -0.392 e. The van der Waals surface area contributed by atoms with E-state index in [1.807, 2.05) is 49.4 Å². The third kappa shape index (κ3) is 4.95. The third-order valence-corrected chi connectivity index (χ3v) is 5.66. The molecular formula is C27H20ClF2NO2. The SMILES string of the molecule is Cc1ccc(-c2cccc(CO)c2)cc1C(=O)c1ccc(Nc2ccc(F)cc2F)cc1Cl. The van der Waals surface area contributed by atoms with Gasteiger partial charge < -0.3 is 10.4 Å². The van der Waals surface area contributed by atoms with Gasteiger partial charge in [0.25, 0.3) is 0 Å². The molecule has 2 N–H and O–H groups in total. The zero-order chi connectivity index (χ0) is 23.5. The standard InChI is InChI=1S/C27H20ClF2NO2/c1-16-5-6-19(18-4-2-3-17(11-18)15-32)12-23(16)27(33)22-9-8-21(14-24(22)28)31-26-10-7-20(29)13-25(26)30/h2-14,31-32H,15H2,1H3. The van der Waals surface area contributed by atoms with Crippen LogP contribution in [0.4, 0.5) is 20.2 Å². The highest BCUT2D eigenvalue weighted by Gasteiger charge is 2.17. The smallest absolute Gasteiger partial charge is 0.194 e. The van der Waals surface area contributed by atoms with Gasteiger partial charge in [-0.2, -0.15) is 0 Å². The third-order valence-electron chi connectivity index (χ3n) is 5.35. The van der Waals surface area contributed by atoms with Crippen LogP contribution in [-0.2, 0) is 6.61 Å². The molecule has 0 unspecified atom stereocenters. The number of rotatable bonds is 6. The summed E-state index contributed by atoms with van der Waals surface area (Å²) in [4.78, 5) is 13.3. The Bertz CT molecular complexity index is 1350. The second-order valence-corrected chi connectivity index (χ2v) is 8.07. The number of hydrogen-bond donors (Lipinski definition) is 2. The lowest BCUT2D eigenvalue weighted by Crippen LogP contribution is -2.05. The van der Waals surface area contributed by atoms with Crippen molar-refractivity contribution < 1.29 is 18.7 Å². The molecule has 4 aromatic rings. The van der Waals surface area contributed by atoms with E-state index in [2.05, 4.69) is 5.32 Å². The van der Waals surface area contributed by atoms with Crippen LogP contribution in [0.5, 0.6) is 0 Å². The molecule has 0 aliphatic carbocycles. The lowest BCUT2D eigenvalue weighted by Gasteiger charge is -2.12. The van der Waals surface area contributed by atoms with Gasteiger partial charge in [-0.15, -0.1) is 0 Å². The van der Waals surface area contributed by atoms with Gasteiger partial charge in [-0.3, -0.25) is 4.79 Å². The lowest BCUT2D eigenvalue weighted by molar-refractivity contribution is 0.103. The molecule has 0 saturated heterocycles. The maximum Gasteiger partial charge on any atom is 0.194 e. The summed E-state index contributed by atoms with van der Waals surface area (Å²) in [6.07, 6.45) is 0. The number of halogens is 3. The zero-order valence-electron chi connectivity index (χ0n) is 17.7. The van der Waals surface area contributed by atoms with Gasteiger partial charge in [-0.25, -0.2) is 8.78 Å².